The van der Waals surface area contributed by atoms with E-state index in [1.165, 1.54) is 31.5 Å². The Kier molecular flexibility index (Phi) is 3.91. The number of thioether (sulfide) groups is 1. The number of unbranched alkanes of at least 4 members (excludes halogenated alkanes) is 1. The zero-order valence-electron chi connectivity index (χ0n) is 11.5. The molecule has 0 aliphatic heterocycles. The first-order valence-corrected chi connectivity index (χ1v) is 8.31. The van der Waals surface area contributed by atoms with Crippen LogP contribution in [0.1, 0.15) is 69.7 Å². The highest BCUT2D eigenvalue weighted by Gasteiger charge is 2.36. The van der Waals surface area contributed by atoms with E-state index >= 15 is 0 Å². The molecule has 1 heterocycles. The van der Waals surface area contributed by atoms with E-state index in [-0.39, 0.29) is 0 Å². The molecule has 0 aromatic carbocycles. The zero-order valence-corrected chi connectivity index (χ0v) is 12.3. The molecule has 0 atom stereocenters. The highest BCUT2D eigenvalue weighted by atomic mass is 32.2. The average Bonchev–Trinajstić information content (AvgIpc) is 3.28. The molecule has 0 spiro atoms. The average molecular weight is 279 g/mol. The minimum atomic E-state index is 0.294. The van der Waals surface area contributed by atoms with Gasteiger partial charge in [0.1, 0.15) is 11.6 Å². The van der Waals surface area contributed by atoms with Crippen molar-refractivity contribution in [2.75, 3.05) is 5.75 Å². The van der Waals surface area contributed by atoms with Crippen molar-refractivity contribution < 1.29 is 4.79 Å². The molecule has 2 aliphatic carbocycles. The lowest BCUT2D eigenvalue weighted by atomic mass is 10.2. The molecule has 0 bridgehead atoms. The Morgan fingerprint density at radius 3 is 2.68 bits per heavy atom. The summed E-state index contributed by atoms with van der Waals surface area (Å²) < 4.78 is 2.40. The van der Waals surface area contributed by atoms with Crippen molar-refractivity contribution in [3.05, 3.63) is 5.82 Å². The fourth-order valence-electron chi connectivity index (χ4n) is 2.32. The number of carbonyl (C=O) groups excluding carboxylic acids is 1. The predicted molar refractivity (Wildman–Crippen MR) is 75.5 cm³/mol. The van der Waals surface area contributed by atoms with Crippen LogP contribution in [0, 0.1) is 0 Å². The van der Waals surface area contributed by atoms with Gasteiger partial charge in [0, 0.05) is 24.1 Å². The largest absolute Gasteiger partial charge is 0.303 e. The Labute approximate surface area is 118 Å². The molecule has 2 aliphatic rings. The molecule has 2 fully saturated rings. The van der Waals surface area contributed by atoms with Gasteiger partial charge in [-0.3, -0.25) is 0 Å². The minimum absolute atomic E-state index is 0.294. The topological polar surface area (TPSA) is 47.8 Å². The van der Waals surface area contributed by atoms with Crippen molar-refractivity contribution in [3.8, 4) is 0 Å². The van der Waals surface area contributed by atoms with E-state index in [0.717, 1.165) is 23.8 Å². The van der Waals surface area contributed by atoms with Crippen molar-refractivity contribution in [2.45, 2.75) is 69.0 Å². The van der Waals surface area contributed by atoms with E-state index in [1.807, 2.05) is 11.8 Å². The number of Topliss-reactive ketones (excluding diaryl/α,β-unsaturated/α-hetero) is 1. The first-order valence-electron chi connectivity index (χ1n) is 7.32. The Hall–Kier alpha value is -0.840. The van der Waals surface area contributed by atoms with E-state index in [1.54, 1.807) is 6.92 Å². The van der Waals surface area contributed by atoms with Gasteiger partial charge in [-0.15, -0.1) is 10.2 Å². The van der Waals surface area contributed by atoms with Crippen LogP contribution in [-0.4, -0.2) is 26.3 Å². The Bertz CT molecular complexity index is 463. The summed E-state index contributed by atoms with van der Waals surface area (Å²) in [5.74, 6) is 3.25. The summed E-state index contributed by atoms with van der Waals surface area (Å²) in [6.07, 6.45) is 7.94. The molecule has 0 radical (unpaired) electrons. The zero-order chi connectivity index (χ0) is 13.2. The van der Waals surface area contributed by atoms with Gasteiger partial charge in [-0.05, 0) is 45.4 Å². The SMILES string of the molecule is CC(=O)CCCCSc1nnc(C2CC2)n1C1CC1. The number of nitrogens with zero attached hydrogens (tertiary/aromatic N) is 3. The van der Waals surface area contributed by atoms with Crippen LogP contribution in [0.15, 0.2) is 5.16 Å². The van der Waals surface area contributed by atoms with Crippen LogP contribution in [0.5, 0.6) is 0 Å². The maximum atomic E-state index is 10.9. The molecule has 5 heteroatoms. The summed E-state index contributed by atoms with van der Waals surface area (Å²) >= 11 is 1.81. The van der Waals surface area contributed by atoms with E-state index in [2.05, 4.69) is 14.8 Å². The van der Waals surface area contributed by atoms with Crippen molar-refractivity contribution in [3.63, 3.8) is 0 Å². The van der Waals surface area contributed by atoms with E-state index in [9.17, 15) is 4.79 Å². The van der Waals surface area contributed by atoms with Crippen molar-refractivity contribution >= 4 is 17.5 Å². The molecular weight excluding hydrogens is 258 g/mol. The fraction of sp³-hybridized carbons (Fsp3) is 0.786. The molecule has 104 valence electrons. The molecule has 0 saturated heterocycles. The highest BCUT2D eigenvalue weighted by Crippen LogP contribution is 2.46. The summed E-state index contributed by atoms with van der Waals surface area (Å²) in [7, 11) is 0. The molecular formula is C14H21N3OS. The monoisotopic (exact) mass is 279 g/mol. The van der Waals surface area contributed by atoms with Gasteiger partial charge in [0.05, 0.1) is 0 Å². The van der Waals surface area contributed by atoms with Crippen LogP contribution in [-0.2, 0) is 4.79 Å². The third kappa shape index (κ3) is 3.38. The van der Waals surface area contributed by atoms with Crippen LogP contribution in [0.25, 0.3) is 0 Å². The van der Waals surface area contributed by atoms with Gasteiger partial charge in [0.2, 0.25) is 0 Å². The van der Waals surface area contributed by atoms with Crippen molar-refractivity contribution in [2.24, 2.45) is 0 Å². The Morgan fingerprint density at radius 1 is 1.26 bits per heavy atom. The van der Waals surface area contributed by atoms with Gasteiger partial charge in [0.15, 0.2) is 5.16 Å². The van der Waals surface area contributed by atoms with Crippen LogP contribution >= 0.6 is 11.8 Å². The van der Waals surface area contributed by atoms with Gasteiger partial charge in [0.25, 0.3) is 0 Å². The standard InChI is InChI=1S/C14H21N3OS/c1-10(18)4-2-3-9-19-14-16-15-13(11-5-6-11)17(14)12-7-8-12/h11-12H,2-9H2,1H3. The predicted octanol–water partition coefficient (Wildman–Crippen LogP) is 3.34. The van der Waals surface area contributed by atoms with Gasteiger partial charge in [-0.1, -0.05) is 11.8 Å². The first kappa shape index (κ1) is 13.2. The van der Waals surface area contributed by atoms with Gasteiger partial charge < -0.3 is 9.36 Å². The summed E-state index contributed by atoms with van der Waals surface area (Å²) in [5, 5.41) is 9.89. The second-order valence-corrected chi connectivity index (χ2v) is 6.79. The molecule has 2 saturated carbocycles. The van der Waals surface area contributed by atoms with E-state index < -0.39 is 0 Å². The third-order valence-electron chi connectivity index (χ3n) is 3.70. The van der Waals surface area contributed by atoms with Crippen LogP contribution in [0.3, 0.4) is 0 Å². The second kappa shape index (κ2) is 5.65. The van der Waals surface area contributed by atoms with Crippen LogP contribution in [0.4, 0.5) is 0 Å². The maximum absolute atomic E-state index is 10.9. The molecule has 0 N–H and O–H groups in total. The lowest BCUT2D eigenvalue weighted by Crippen LogP contribution is -2.02. The summed E-state index contributed by atoms with van der Waals surface area (Å²) in [6.45, 7) is 1.67. The number of hydrogen-bond acceptors (Lipinski definition) is 4. The molecule has 0 unspecified atom stereocenters. The summed E-state index contributed by atoms with van der Waals surface area (Å²) in [6, 6.07) is 0.672. The number of carbonyl (C=O) groups is 1. The molecule has 4 nitrogen and oxygen atoms in total. The normalized spacial score (nSPS) is 18.8. The fourth-order valence-corrected chi connectivity index (χ4v) is 3.33. The Balaban J connectivity index is 1.54. The molecule has 19 heavy (non-hydrogen) atoms. The smallest absolute Gasteiger partial charge is 0.191 e. The number of hydrogen-bond donors (Lipinski definition) is 0. The number of aromatic nitrogens is 3. The van der Waals surface area contributed by atoms with E-state index in [4.69, 9.17) is 0 Å². The number of rotatable bonds is 8. The highest BCUT2D eigenvalue weighted by molar-refractivity contribution is 7.99. The Morgan fingerprint density at radius 2 is 2.05 bits per heavy atom. The lowest BCUT2D eigenvalue weighted by molar-refractivity contribution is -0.117. The van der Waals surface area contributed by atoms with Gasteiger partial charge >= 0.3 is 0 Å². The van der Waals surface area contributed by atoms with Crippen molar-refractivity contribution in [1.82, 2.24) is 14.8 Å². The third-order valence-corrected chi connectivity index (χ3v) is 4.73. The second-order valence-electron chi connectivity index (χ2n) is 5.72. The summed E-state index contributed by atoms with van der Waals surface area (Å²) in [4.78, 5) is 10.9. The van der Waals surface area contributed by atoms with E-state index in [0.29, 0.717) is 24.2 Å². The molecule has 1 aromatic rings. The van der Waals surface area contributed by atoms with Crippen molar-refractivity contribution in [1.29, 1.82) is 0 Å². The van der Waals surface area contributed by atoms with Crippen LogP contribution in [0.2, 0.25) is 0 Å². The molecule has 1 aromatic heterocycles. The van der Waals surface area contributed by atoms with Gasteiger partial charge in [-0.2, -0.15) is 0 Å². The molecule has 3 rings (SSSR count). The quantitative estimate of drug-likeness (QED) is 0.541. The minimum Gasteiger partial charge on any atom is -0.303 e. The first-order chi connectivity index (χ1) is 9.25. The summed E-state index contributed by atoms with van der Waals surface area (Å²) in [5.41, 5.74) is 0. The van der Waals surface area contributed by atoms with Crippen LogP contribution < -0.4 is 0 Å². The lowest BCUT2D eigenvalue weighted by Gasteiger charge is -2.07. The molecule has 0 amide bonds. The van der Waals surface area contributed by atoms with Gasteiger partial charge in [-0.25, -0.2) is 0 Å². The maximum Gasteiger partial charge on any atom is 0.191 e. The number of ketones is 1.